The molecule has 0 aliphatic carbocycles. The van der Waals surface area contributed by atoms with E-state index in [9.17, 15) is 9.90 Å². The van der Waals surface area contributed by atoms with Crippen LogP contribution in [0.4, 0.5) is 0 Å². The summed E-state index contributed by atoms with van der Waals surface area (Å²) >= 11 is 0. The second-order valence-electron chi connectivity index (χ2n) is 4.24. The van der Waals surface area contributed by atoms with E-state index in [1.165, 1.54) is 0 Å². The fourth-order valence-electron chi connectivity index (χ4n) is 1.88. The number of aromatic nitrogens is 3. The molecule has 0 fully saturated rings. The number of carboxylic acids is 1. The topological polar surface area (TPSA) is 81.2 Å². The van der Waals surface area contributed by atoms with Crippen molar-refractivity contribution in [3.63, 3.8) is 0 Å². The third-order valence-corrected chi connectivity index (χ3v) is 2.80. The Labute approximate surface area is 114 Å². The van der Waals surface area contributed by atoms with Crippen LogP contribution >= 0.6 is 0 Å². The standard InChI is InChI=1S/C14H11N3O3/c1-17-8-7-10(16-17)12-11(14(18)19)15-13(20-12)9-5-3-2-4-6-9/h2-8H,1H3,(H,18,19). The number of carbonyl (C=O) groups is 1. The fraction of sp³-hybridized carbons (Fsp3) is 0.0714. The molecule has 0 amide bonds. The number of nitrogens with zero attached hydrogens (tertiary/aromatic N) is 3. The number of carboxylic acid groups (broad SMARTS) is 1. The van der Waals surface area contributed by atoms with E-state index in [0.29, 0.717) is 5.69 Å². The molecule has 6 nitrogen and oxygen atoms in total. The first-order valence-corrected chi connectivity index (χ1v) is 5.94. The maximum atomic E-state index is 11.3. The minimum Gasteiger partial charge on any atom is -0.476 e. The van der Waals surface area contributed by atoms with E-state index < -0.39 is 5.97 Å². The van der Waals surface area contributed by atoms with Crippen LogP contribution in [0.5, 0.6) is 0 Å². The Morgan fingerprint density at radius 2 is 2.00 bits per heavy atom. The van der Waals surface area contributed by atoms with Gasteiger partial charge in [-0.15, -0.1) is 0 Å². The van der Waals surface area contributed by atoms with Gasteiger partial charge >= 0.3 is 5.97 Å². The Hall–Kier alpha value is -2.89. The molecule has 1 N–H and O–H groups in total. The molecule has 0 bridgehead atoms. The van der Waals surface area contributed by atoms with Crippen LogP contribution in [0.1, 0.15) is 10.5 Å². The molecule has 3 aromatic rings. The monoisotopic (exact) mass is 269 g/mol. The van der Waals surface area contributed by atoms with Crippen molar-refractivity contribution < 1.29 is 14.3 Å². The molecule has 0 saturated heterocycles. The van der Waals surface area contributed by atoms with Gasteiger partial charge in [0.2, 0.25) is 5.89 Å². The van der Waals surface area contributed by atoms with Crippen LogP contribution in [-0.2, 0) is 7.05 Å². The van der Waals surface area contributed by atoms with Crippen molar-refractivity contribution in [1.29, 1.82) is 0 Å². The molecule has 100 valence electrons. The van der Waals surface area contributed by atoms with Gasteiger partial charge in [-0.05, 0) is 18.2 Å². The highest BCUT2D eigenvalue weighted by Gasteiger charge is 2.23. The van der Waals surface area contributed by atoms with Gasteiger partial charge in [0.15, 0.2) is 11.5 Å². The van der Waals surface area contributed by atoms with E-state index in [1.54, 1.807) is 36.1 Å². The van der Waals surface area contributed by atoms with Gasteiger partial charge in [-0.1, -0.05) is 18.2 Å². The number of hydrogen-bond acceptors (Lipinski definition) is 4. The molecule has 0 atom stereocenters. The van der Waals surface area contributed by atoms with Crippen LogP contribution < -0.4 is 0 Å². The highest BCUT2D eigenvalue weighted by atomic mass is 16.4. The summed E-state index contributed by atoms with van der Waals surface area (Å²) in [5, 5.41) is 13.4. The van der Waals surface area contributed by atoms with Crippen LogP contribution in [0.2, 0.25) is 0 Å². The van der Waals surface area contributed by atoms with Crippen LogP contribution in [0.3, 0.4) is 0 Å². The number of aromatic carboxylic acids is 1. The number of oxazole rings is 1. The maximum absolute atomic E-state index is 11.3. The van der Waals surface area contributed by atoms with Crippen LogP contribution in [0, 0.1) is 0 Å². The van der Waals surface area contributed by atoms with Gasteiger partial charge in [0, 0.05) is 18.8 Å². The molecular formula is C14H11N3O3. The lowest BCUT2D eigenvalue weighted by Gasteiger charge is -1.93. The summed E-state index contributed by atoms with van der Waals surface area (Å²) in [6.45, 7) is 0. The van der Waals surface area contributed by atoms with E-state index in [1.807, 2.05) is 18.2 Å². The summed E-state index contributed by atoms with van der Waals surface area (Å²) < 4.78 is 7.17. The SMILES string of the molecule is Cn1ccc(-c2oc(-c3ccccc3)nc2C(=O)O)n1. The zero-order valence-electron chi connectivity index (χ0n) is 10.6. The first-order valence-electron chi connectivity index (χ1n) is 5.94. The number of rotatable bonds is 3. The summed E-state index contributed by atoms with van der Waals surface area (Å²) in [5.41, 5.74) is 1.03. The van der Waals surface area contributed by atoms with Gasteiger partial charge in [-0.25, -0.2) is 9.78 Å². The number of hydrogen-bond donors (Lipinski definition) is 1. The predicted octanol–water partition coefficient (Wildman–Crippen LogP) is 2.44. The molecule has 0 aliphatic heterocycles. The molecule has 6 heteroatoms. The third-order valence-electron chi connectivity index (χ3n) is 2.80. The highest BCUT2D eigenvalue weighted by molar-refractivity contribution is 5.92. The lowest BCUT2D eigenvalue weighted by Crippen LogP contribution is -1.99. The lowest BCUT2D eigenvalue weighted by molar-refractivity contribution is 0.0691. The number of aryl methyl sites for hydroxylation is 1. The summed E-state index contributed by atoms with van der Waals surface area (Å²) in [4.78, 5) is 15.3. The summed E-state index contributed by atoms with van der Waals surface area (Å²) in [5.74, 6) is -0.711. The molecule has 3 rings (SSSR count). The molecular weight excluding hydrogens is 258 g/mol. The summed E-state index contributed by atoms with van der Waals surface area (Å²) in [6.07, 6.45) is 1.71. The molecule has 0 unspecified atom stereocenters. The Morgan fingerprint density at radius 1 is 1.25 bits per heavy atom. The Bertz CT molecular complexity index is 759. The van der Waals surface area contributed by atoms with E-state index in [-0.39, 0.29) is 17.3 Å². The molecule has 0 radical (unpaired) electrons. The van der Waals surface area contributed by atoms with E-state index in [0.717, 1.165) is 5.56 Å². The molecule has 2 aromatic heterocycles. The summed E-state index contributed by atoms with van der Waals surface area (Å²) in [7, 11) is 1.75. The second-order valence-corrected chi connectivity index (χ2v) is 4.24. The first kappa shape index (κ1) is 12.2. The van der Waals surface area contributed by atoms with Gasteiger partial charge in [0.25, 0.3) is 0 Å². The molecule has 2 heterocycles. The van der Waals surface area contributed by atoms with Crippen LogP contribution in [0.25, 0.3) is 22.9 Å². The molecule has 0 spiro atoms. The average Bonchev–Trinajstić information content (AvgIpc) is 3.05. The van der Waals surface area contributed by atoms with Crippen molar-refractivity contribution in [2.45, 2.75) is 0 Å². The second kappa shape index (κ2) is 4.65. The normalized spacial score (nSPS) is 10.7. The van der Waals surface area contributed by atoms with Gasteiger partial charge < -0.3 is 9.52 Å². The van der Waals surface area contributed by atoms with Gasteiger partial charge in [-0.3, -0.25) is 4.68 Å². The smallest absolute Gasteiger partial charge is 0.358 e. The van der Waals surface area contributed by atoms with E-state index >= 15 is 0 Å². The zero-order chi connectivity index (χ0) is 14.1. The Balaban J connectivity index is 2.15. The predicted molar refractivity (Wildman–Crippen MR) is 71.1 cm³/mol. The van der Waals surface area contributed by atoms with E-state index in [4.69, 9.17) is 4.42 Å². The fourth-order valence-corrected chi connectivity index (χ4v) is 1.88. The lowest BCUT2D eigenvalue weighted by atomic mass is 10.2. The molecule has 0 aliphatic rings. The summed E-state index contributed by atoms with van der Waals surface area (Å²) in [6, 6.07) is 10.8. The maximum Gasteiger partial charge on any atom is 0.358 e. The minimum absolute atomic E-state index is 0.137. The van der Waals surface area contributed by atoms with Crippen LogP contribution in [0.15, 0.2) is 47.0 Å². The van der Waals surface area contributed by atoms with Gasteiger partial charge in [0.1, 0.15) is 5.69 Å². The van der Waals surface area contributed by atoms with Crippen molar-refractivity contribution in [3.05, 3.63) is 48.3 Å². The minimum atomic E-state index is -1.14. The molecule has 0 saturated carbocycles. The van der Waals surface area contributed by atoms with Crippen molar-refractivity contribution in [3.8, 4) is 22.9 Å². The van der Waals surface area contributed by atoms with Crippen molar-refractivity contribution in [2.24, 2.45) is 7.05 Å². The highest BCUT2D eigenvalue weighted by Crippen LogP contribution is 2.28. The average molecular weight is 269 g/mol. The van der Waals surface area contributed by atoms with Gasteiger partial charge in [0.05, 0.1) is 0 Å². The quantitative estimate of drug-likeness (QED) is 0.789. The van der Waals surface area contributed by atoms with Crippen molar-refractivity contribution in [1.82, 2.24) is 14.8 Å². The number of benzene rings is 1. The Morgan fingerprint density at radius 3 is 2.60 bits per heavy atom. The largest absolute Gasteiger partial charge is 0.476 e. The van der Waals surface area contributed by atoms with Crippen molar-refractivity contribution in [2.75, 3.05) is 0 Å². The zero-order valence-corrected chi connectivity index (χ0v) is 10.6. The molecule has 20 heavy (non-hydrogen) atoms. The van der Waals surface area contributed by atoms with Crippen molar-refractivity contribution >= 4 is 5.97 Å². The Kier molecular flexibility index (Phi) is 2.83. The third kappa shape index (κ3) is 2.07. The van der Waals surface area contributed by atoms with E-state index in [2.05, 4.69) is 10.1 Å². The first-order chi connectivity index (χ1) is 9.65. The molecule has 1 aromatic carbocycles. The van der Waals surface area contributed by atoms with Crippen LogP contribution in [-0.4, -0.2) is 25.8 Å². The van der Waals surface area contributed by atoms with Gasteiger partial charge in [-0.2, -0.15) is 5.10 Å².